The van der Waals surface area contributed by atoms with Crippen molar-refractivity contribution in [1.82, 2.24) is 9.55 Å². The van der Waals surface area contributed by atoms with E-state index in [1.54, 1.807) is 0 Å². The molecule has 0 bridgehead atoms. The Morgan fingerprint density at radius 1 is 1.18 bits per heavy atom. The lowest BCUT2D eigenvalue weighted by molar-refractivity contribution is 0.659. The van der Waals surface area contributed by atoms with Gasteiger partial charge >= 0.3 is 0 Å². The van der Waals surface area contributed by atoms with Crippen LogP contribution in [0.15, 0.2) is 36.4 Å². The molecular formula is C14H17N3. The predicted molar refractivity (Wildman–Crippen MR) is 71.3 cm³/mol. The molecule has 0 unspecified atom stereocenters. The third kappa shape index (κ3) is 1.71. The van der Waals surface area contributed by atoms with Gasteiger partial charge in [0.1, 0.15) is 0 Å². The Labute approximate surface area is 101 Å². The van der Waals surface area contributed by atoms with Crippen LogP contribution in [0.4, 0.5) is 5.95 Å². The summed E-state index contributed by atoms with van der Waals surface area (Å²) < 4.78 is 2.18. The van der Waals surface area contributed by atoms with Crippen LogP contribution in [-0.2, 0) is 7.05 Å². The molecule has 2 aromatic rings. The second kappa shape index (κ2) is 3.91. The van der Waals surface area contributed by atoms with Gasteiger partial charge in [-0.05, 0) is 25.0 Å². The zero-order valence-electron chi connectivity index (χ0n) is 10.2. The van der Waals surface area contributed by atoms with Crippen LogP contribution in [0.2, 0.25) is 0 Å². The maximum Gasteiger partial charge on any atom is 0.206 e. The van der Waals surface area contributed by atoms with Crippen LogP contribution >= 0.6 is 0 Å². The number of piperidine rings is 1. The van der Waals surface area contributed by atoms with Gasteiger partial charge in [0.05, 0.1) is 11.0 Å². The Kier molecular flexibility index (Phi) is 2.39. The van der Waals surface area contributed by atoms with E-state index < -0.39 is 0 Å². The highest BCUT2D eigenvalue weighted by atomic mass is 15.3. The van der Waals surface area contributed by atoms with E-state index in [-0.39, 0.29) is 0 Å². The molecule has 1 saturated heterocycles. The van der Waals surface area contributed by atoms with Gasteiger partial charge in [0.15, 0.2) is 0 Å². The first kappa shape index (κ1) is 10.4. The molecular weight excluding hydrogens is 210 g/mol. The lowest BCUT2D eigenvalue weighted by Gasteiger charge is -2.28. The van der Waals surface area contributed by atoms with E-state index in [1.165, 1.54) is 11.1 Å². The number of anilines is 1. The Morgan fingerprint density at radius 3 is 2.59 bits per heavy atom. The monoisotopic (exact) mass is 227 g/mol. The number of aromatic nitrogens is 2. The smallest absolute Gasteiger partial charge is 0.206 e. The van der Waals surface area contributed by atoms with Gasteiger partial charge in [0.2, 0.25) is 5.95 Å². The highest BCUT2D eigenvalue weighted by molar-refractivity contribution is 5.78. The fourth-order valence-corrected chi connectivity index (χ4v) is 2.44. The molecule has 0 amide bonds. The average molecular weight is 227 g/mol. The van der Waals surface area contributed by atoms with Crippen molar-refractivity contribution in [3.8, 4) is 0 Å². The largest absolute Gasteiger partial charge is 0.342 e. The van der Waals surface area contributed by atoms with Crippen LogP contribution in [-0.4, -0.2) is 22.6 Å². The van der Waals surface area contributed by atoms with Gasteiger partial charge in [0.25, 0.3) is 0 Å². The quantitative estimate of drug-likeness (QED) is 0.698. The van der Waals surface area contributed by atoms with Crippen LogP contribution in [0.5, 0.6) is 0 Å². The van der Waals surface area contributed by atoms with E-state index in [4.69, 9.17) is 4.98 Å². The molecule has 2 heterocycles. The molecule has 1 aromatic heterocycles. The molecule has 1 aliphatic rings. The van der Waals surface area contributed by atoms with E-state index in [0.29, 0.717) is 0 Å². The number of para-hydroxylation sites is 2. The zero-order valence-corrected chi connectivity index (χ0v) is 10.2. The summed E-state index contributed by atoms with van der Waals surface area (Å²) in [7, 11) is 2.09. The second-order valence-corrected chi connectivity index (χ2v) is 4.70. The van der Waals surface area contributed by atoms with E-state index in [1.807, 2.05) is 6.07 Å². The van der Waals surface area contributed by atoms with Crippen LogP contribution in [0.3, 0.4) is 0 Å². The van der Waals surface area contributed by atoms with Gasteiger partial charge in [0, 0.05) is 20.1 Å². The minimum absolute atomic E-state index is 1.04. The maximum atomic E-state index is 4.72. The highest BCUT2D eigenvalue weighted by Gasteiger charge is 2.18. The summed E-state index contributed by atoms with van der Waals surface area (Å²) in [5.74, 6) is 1.08. The fraction of sp³-hybridized carbons (Fsp3) is 0.357. The summed E-state index contributed by atoms with van der Waals surface area (Å²) in [4.78, 5) is 7.08. The Morgan fingerprint density at radius 2 is 1.88 bits per heavy atom. The predicted octanol–water partition coefficient (Wildman–Crippen LogP) is 2.73. The molecule has 0 N–H and O–H groups in total. The molecule has 88 valence electrons. The van der Waals surface area contributed by atoms with E-state index in [2.05, 4.69) is 41.3 Å². The first-order valence-corrected chi connectivity index (χ1v) is 6.09. The van der Waals surface area contributed by atoms with Crippen molar-refractivity contribution in [3.05, 3.63) is 36.4 Å². The van der Waals surface area contributed by atoms with Gasteiger partial charge in [-0.2, -0.15) is 0 Å². The molecule has 0 atom stereocenters. The van der Waals surface area contributed by atoms with Crippen LogP contribution < -0.4 is 4.90 Å². The number of rotatable bonds is 1. The number of aryl methyl sites for hydroxylation is 1. The summed E-state index contributed by atoms with van der Waals surface area (Å²) in [6.07, 6.45) is 2.17. The van der Waals surface area contributed by atoms with Crippen molar-refractivity contribution < 1.29 is 0 Å². The van der Waals surface area contributed by atoms with Gasteiger partial charge in [-0.25, -0.2) is 4.98 Å². The minimum Gasteiger partial charge on any atom is -0.342 e. The zero-order chi connectivity index (χ0) is 11.8. The van der Waals surface area contributed by atoms with E-state index >= 15 is 0 Å². The summed E-state index contributed by atoms with van der Waals surface area (Å²) >= 11 is 0. The van der Waals surface area contributed by atoms with Gasteiger partial charge in [-0.3, -0.25) is 0 Å². The van der Waals surface area contributed by atoms with Gasteiger partial charge in [-0.15, -0.1) is 0 Å². The third-order valence-electron chi connectivity index (χ3n) is 3.52. The molecule has 3 nitrogen and oxygen atoms in total. The van der Waals surface area contributed by atoms with Crippen molar-refractivity contribution in [2.75, 3.05) is 18.0 Å². The molecule has 17 heavy (non-hydrogen) atoms. The van der Waals surface area contributed by atoms with Gasteiger partial charge < -0.3 is 9.47 Å². The number of hydrogen-bond donors (Lipinski definition) is 0. The van der Waals surface area contributed by atoms with Crippen molar-refractivity contribution in [2.45, 2.75) is 12.8 Å². The molecule has 0 aliphatic carbocycles. The van der Waals surface area contributed by atoms with Crippen molar-refractivity contribution in [2.24, 2.45) is 7.05 Å². The number of benzene rings is 1. The molecule has 0 radical (unpaired) electrons. The summed E-state index contributed by atoms with van der Waals surface area (Å²) in [5.41, 5.74) is 3.64. The first-order valence-electron chi connectivity index (χ1n) is 6.09. The van der Waals surface area contributed by atoms with E-state index in [0.717, 1.165) is 37.4 Å². The lowest BCUT2D eigenvalue weighted by Crippen LogP contribution is -2.32. The Hall–Kier alpha value is -1.77. The first-order chi connectivity index (χ1) is 8.25. The molecule has 1 aliphatic heterocycles. The summed E-state index contributed by atoms with van der Waals surface area (Å²) in [6, 6.07) is 8.29. The third-order valence-corrected chi connectivity index (χ3v) is 3.52. The van der Waals surface area contributed by atoms with Crippen LogP contribution in [0, 0.1) is 0 Å². The number of fused-ring (bicyclic) bond motifs is 1. The van der Waals surface area contributed by atoms with Gasteiger partial charge in [-0.1, -0.05) is 24.3 Å². The Bertz CT molecular complexity index is 558. The molecule has 0 saturated carbocycles. The number of nitrogens with zero attached hydrogens (tertiary/aromatic N) is 3. The van der Waals surface area contributed by atoms with Crippen molar-refractivity contribution >= 4 is 17.0 Å². The fourth-order valence-electron chi connectivity index (χ4n) is 2.44. The Balaban J connectivity index is 2.00. The maximum absolute atomic E-state index is 4.72. The highest BCUT2D eigenvalue weighted by Crippen LogP contribution is 2.24. The molecule has 1 aromatic carbocycles. The lowest BCUT2D eigenvalue weighted by atomic mass is 10.1. The molecule has 3 heteroatoms. The summed E-state index contributed by atoms with van der Waals surface area (Å²) in [6.45, 7) is 6.13. The molecule has 1 fully saturated rings. The van der Waals surface area contributed by atoms with Crippen molar-refractivity contribution in [3.63, 3.8) is 0 Å². The molecule has 3 rings (SSSR count). The SMILES string of the molecule is C=C1CCN(c2nc3ccccc3n2C)CC1. The number of hydrogen-bond acceptors (Lipinski definition) is 2. The van der Waals surface area contributed by atoms with Crippen LogP contribution in [0.25, 0.3) is 11.0 Å². The average Bonchev–Trinajstić information content (AvgIpc) is 2.69. The van der Waals surface area contributed by atoms with Crippen LogP contribution in [0.1, 0.15) is 12.8 Å². The molecule has 0 spiro atoms. The van der Waals surface area contributed by atoms with Crippen molar-refractivity contribution in [1.29, 1.82) is 0 Å². The standard InChI is InChI=1S/C14H17N3/c1-11-7-9-17(10-8-11)14-15-12-5-3-4-6-13(12)16(14)2/h3-6H,1,7-10H2,2H3. The minimum atomic E-state index is 1.04. The normalized spacial score (nSPS) is 16.8. The van der Waals surface area contributed by atoms with E-state index in [9.17, 15) is 0 Å². The topological polar surface area (TPSA) is 21.1 Å². The summed E-state index contributed by atoms with van der Waals surface area (Å²) in [5, 5.41) is 0. The second-order valence-electron chi connectivity index (χ2n) is 4.70. The number of imidazole rings is 1.